The fraction of sp³-hybridized carbons (Fsp3) is 0.923. The molecule has 2 rings (SSSR count). The van der Waals surface area contributed by atoms with E-state index in [0.29, 0.717) is 6.54 Å². The minimum atomic E-state index is -0.673. The van der Waals surface area contributed by atoms with Gasteiger partial charge in [-0.2, -0.15) is 0 Å². The van der Waals surface area contributed by atoms with Crippen molar-refractivity contribution in [1.82, 2.24) is 9.80 Å². The second-order valence-corrected chi connectivity index (χ2v) is 5.74. The quantitative estimate of drug-likeness (QED) is 0.803. The van der Waals surface area contributed by atoms with Crippen molar-refractivity contribution in [3.63, 3.8) is 0 Å². The molecule has 3 unspecified atom stereocenters. The van der Waals surface area contributed by atoms with Crippen molar-refractivity contribution < 1.29 is 9.90 Å². The first-order chi connectivity index (χ1) is 8.08. The highest BCUT2D eigenvalue weighted by molar-refractivity contribution is 5.69. The maximum Gasteiger partial charge on any atom is 0.307 e. The molecule has 0 aliphatic carbocycles. The van der Waals surface area contributed by atoms with Crippen molar-refractivity contribution in [1.29, 1.82) is 0 Å². The van der Waals surface area contributed by atoms with Gasteiger partial charge in [0.25, 0.3) is 0 Å². The van der Waals surface area contributed by atoms with Crippen LogP contribution in [0.3, 0.4) is 0 Å². The minimum absolute atomic E-state index is 0.243. The first kappa shape index (κ1) is 12.8. The van der Waals surface area contributed by atoms with E-state index in [-0.39, 0.29) is 5.92 Å². The van der Waals surface area contributed by atoms with E-state index < -0.39 is 5.97 Å². The van der Waals surface area contributed by atoms with Crippen molar-refractivity contribution in [2.75, 3.05) is 33.2 Å². The lowest BCUT2D eigenvalue weighted by atomic mass is 9.84. The fourth-order valence-corrected chi connectivity index (χ4v) is 3.36. The highest BCUT2D eigenvalue weighted by atomic mass is 16.4. The van der Waals surface area contributed by atoms with E-state index in [9.17, 15) is 4.79 Å². The summed E-state index contributed by atoms with van der Waals surface area (Å²) in [5.74, 6) is -0.163. The van der Waals surface area contributed by atoms with Gasteiger partial charge in [0.2, 0.25) is 0 Å². The molecule has 0 radical (unpaired) electrons. The summed E-state index contributed by atoms with van der Waals surface area (Å²) < 4.78 is 0. The van der Waals surface area contributed by atoms with Crippen LogP contribution in [0.1, 0.15) is 26.2 Å². The van der Waals surface area contributed by atoms with E-state index in [2.05, 4.69) is 16.8 Å². The molecule has 17 heavy (non-hydrogen) atoms. The Bertz CT molecular complexity index is 283. The van der Waals surface area contributed by atoms with Crippen LogP contribution in [-0.4, -0.2) is 60.1 Å². The predicted octanol–water partition coefficient (Wildman–Crippen LogP) is 1.12. The molecule has 4 nitrogen and oxygen atoms in total. The largest absolute Gasteiger partial charge is 0.481 e. The van der Waals surface area contributed by atoms with E-state index in [1.807, 2.05) is 0 Å². The maximum atomic E-state index is 10.9. The van der Waals surface area contributed by atoms with E-state index in [1.54, 1.807) is 6.92 Å². The van der Waals surface area contributed by atoms with E-state index in [0.717, 1.165) is 25.0 Å². The maximum absolute atomic E-state index is 10.9. The third kappa shape index (κ3) is 2.99. The number of piperidine rings is 2. The number of rotatable bonds is 3. The number of carboxylic acid groups (broad SMARTS) is 1. The zero-order valence-electron chi connectivity index (χ0n) is 10.9. The number of fused-ring (bicyclic) bond motifs is 1. The molecular formula is C13H24N2O2. The number of carboxylic acids is 1. The van der Waals surface area contributed by atoms with E-state index in [1.165, 1.54) is 25.8 Å². The summed E-state index contributed by atoms with van der Waals surface area (Å²) in [6, 6.07) is 0.736. The van der Waals surface area contributed by atoms with Crippen LogP contribution < -0.4 is 0 Å². The third-order valence-electron chi connectivity index (χ3n) is 4.38. The molecule has 1 N–H and O–H groups in total. The molecule has 0 aromatic carbocycles. The Hall–Kier alpha value is -0.610. The molecule has 2 heterocycles. The number of likely N-dealkylation sites (tertiary alicyclic amines) is 2. The van der Waals surface area contributed by atoms with Crippen LogP contribution in [0.25, 0.3) is 0 Å². The highest BCUT2D eigenvalue weighted by Crippen LogP contribution is 2.29. The normalized spacial score (nSPS) is 33.1. The second kappa shape index (κ2) is 5.36. The Labute approximate surface area is 104 Å². The molecular weight excluding hydrogens is 216 g/mol. The van der Waals surface area contributed by atoms with E-state index in [4.69, 9.17) is 5.11 Å². The average molecular weight is 240 g/mol. The van der Waals surface area contributed by atoms with Gasteiger partial charge in [-0.15, -0.1) is 0 Å². The summed E-state index contributed by atoms with van der Waals surface area (Å²) in [5, 5.41) is 8.95. The van der Waals surface area contributed by atoms with Gasteiger partial charge in [-0.05, 0) is 45.3 Å². The SMILES string of the molecule is CC(CN1CCC2C(CCCN2C)C1)C(=O)O. The predicted molar refractivity (Wildman–Crippen MR) is 67.0 cm³/mol. The number of carbonyl (C=O) groups is 1. The number of nitrogens with zero attached hydrogens (tertiary/aromatic N) is 2. The lowest BCUT2D eigenvalue weighted by molar-refractivity contribution is -0.142. The summed E-state index contributed by atoms with van der Waals surface area (Å²) in [6.45, 7) is 5.89. The first-order valence-electron chi connectivity index (χ1n) is 6.73. The lowest BCUT2D eigenvalue weighted by Crippen LogP contribution is -2.53. The Morgan fingerprint density at radius 1 is 1.41 bits per heavy atom. The van der Waals surface area contributed by atoms with Crippen molar-refractivity contribution in [3.05, 3.63) is 0 Å². The summed E-state index contributed by atoms with van der Waals surface area (Å²) in [6.07, 6.45) is 3.81. The average Bonchev–Trinajstić information content (AvgIpc) is 2.29. The molecule has 2 aliphatic rings. The van der Waals surface area contributed by atoms with Crippen molar-refractivity contribution in [2.45, 2.75) is 32.2 Å². The van der Waals surface area contributed by atoms with Crippen LogP contribution in [-0.2, 0) is 4.79 Å². The van der Waals surface area contributed by atoms with Crippen molar-refractivity contribution in [3.8, 4) is 0 Å². The number of aliphatic carboxylic acids is 1. The molecule has 0 bridgehead atoms. The molecule has 0 spiro atoms. The molecule has 0 amide bonds. The number of hydrogen-bond acceptors (Lipinski definition) is 3. The van der Waals surface area contributed by atoms with Crippen LogP contribution >= 0.6 is 0 Å². The summed E-state index contributed by atoms with van der Waals surface area (Å²) in [5.41, 5.74) is 0. The van der Waals surface area contributed by atoms with Gasteiger partial charge in [0.1, 0.15) is 0 Å². The Kier molecular flexibility index (Phi) is 4.05. The summed E-state index contributed by atoms with van der Waals surface area (Å²) in [7, 11) is 2.23. The Balaban J connectivity index is 1.87. The molecule has 0 saturated carbocycles. The second-order valence-electron chi connectivity index (χ2n) is 5.74. The molecule has 2 aliphatic heterocycles. The zero-order valence-corrected chi connectivity index (χ0v) is 10.9. The monoisotopic (exact) mass is 240 g/mol. The van der Waals surface area contributed by atoms with Crippen molar-refractivity contribution in [2.24, 2.45) is 11.8 Å². The summed E-state index contributed by atoms with van der Waals surface area (Å²) >= 11 is 0. The van der Waals surface area contributed by atoms with Crippen LogP contribution in [0, 0.1) is 11.8 Å². The van der Waals surface area contributed by atoms with Crippen LogP contribution in [0.5, 0.6) is 0 Å². The lowest BCUT2D eigenvalue weighted by Gasteiger charge is -2.46. The standard InChI is InChI=1S/C13H24N2O2/c1-10(13(16)17)8-15-7-5-12-11(9-15)4-3-6-14(12)2/h10-12H,3-9H2,1-2H3,(H,16,17). The van der Waals surface area contributed by atoms with Gasteiger partial charge in [-0.3, -0.25) is 4.79 Å². The zero-order chi connectivity index (χ0) is 12.4. The smallest absolute Gasteiger partial charge is 0.307 e. The van der Waals surface area contributed by atoms with Gasteiger partial charge in [0.15, 0.2) is 0 Å². The van der Waals surface area contributed by atoms with Gasteiger partial charge in [-0.25, -0.2) is 0 Å². The van der Waals surface area contributed by atoms with Crippen LogP contribution in [0.4, 0.5) is 0 Å². The van der Waals surface area contributed by atoms with Gasteiger partial charge in [0.05, 0.1) is 5.92 Å². The van der Waals surface area contributed by atoms with Gasteiger partial charge in [-0.1, -0.05) is 6.92 Å². The first-order valence-corrected chi connectivity index (χ1v) is 6.73. The molecule has 3 atom stereocenters. The van der Waals surface area contributed by atoms with Gasteiger partial charge in [0, 0.05) is 19.1 Å². The molecule has 98 valence electrons. The molecule has 2 fully saturated rings. The highest BCUT2D eigenvalue weighted by Gasteiger charge is 2.34. The Morgan fingerprint density at radius 3 is 2.88 bits per heavy atom. The summed E-state index contributed by atoms with van der Waals surface area (Å²) in [4.78, 5) is 15.7. The van der Waals surface area contributed by atoms with Crippen LogP contribution in [0.2, 0.25) is 0 Å². The number of hydrogen-bond donors (Lipinski definition) is 1. The molecule has 2 saturated heterocycles. The third-order valence-corrected chi connectivity index (χ3v) is 4.38. The van der Waals surface area contributed by atoms with Gasteiger partial charge < -0.3 is 14.9 Å². The fourth-order valence-electron chi connectivity index (χ4n) is 3.36. The topological polar surface area (TPSA) is 43.8 Å². The Morgan fingerprint density at radius 2 is 2.18 bits per heavy atom. The van der Waals surface area contributed by atoms with E-state index >= 15 is 0 Å². The van der Waals surface area contributed by atoms with Crippen LogP contribution in [0.15, 0.2) is 0 Å². The molecule has 0 aromatic heterocycles. The van der Waals surface area contributed by atoms with Crippen molar-refractivity contribution >= 4 is 5.97 Å². The molecule has 0 aromatic rings. The molecule has 4 heteroatoms. The van der Waals surface area contributed by atoms with Gasteiger partial charge >= 0.3 is 5.97 Å². The minimum Gasteiger partial charge on any atom is -0.481 e.